The average molecular weight is 245 g/mol. The van der Waals surface area contributed by atoms with Gasteiger partial charge in [-0.05, 0) is 50.7 Å². The van der Waals surface area contributed by atoms with Crippen LogP contribution in [0, 0.1) is 12.8 Å². The first-order valence-electron chi connectivity index (χ1n) is 7.25. The van der Waals surface area contributed by atoms with Gasteiger partial charge in [0.05, 0.1) is 11.4 Å². The fourth-order valence-electron chi connectivity index (χ4n) is 3.63. The summed E-state index contributed by atoms with van der Waals surface area (Å²) in [7, 11) is 0. The minimum atomic E-state index is 0.725. The van der Waals surface area contributed by atoms with Crippen LogP contribution in [0.25, 0.3) is 0 Å². The normalized spacial score (nSPS) is 27.9. The Morgan fingerprint density at radius 1 is 1.17 bits per heavy atom. The molecule has 2 fully saturated rings. The highest BCUT2D eigenvalue weighted by Crippen LogP contribution is 2.37. The van der Waals surface area contributed by atoms with Crippen molar-refractivity contribution in [3.63, 3.8) is 0 Å². The Morgan fingerprint density at radius 2 is 1.94 bits per heavy atom. The number of fused-ring (bicyclic) bond motifs is 1. The van der Waals surface area contributed by atoms with Crippen molar-refractivity contribution in [2.45, 2.75) is 51.5 Å². The summed E-state index contributed by atoms with van der Waals surface area (Å²) in [6.07, 6.45) is 8.28. The van der Waals surface area contributed by atoms with E-state index >= 15 is 0 Å². The summed E-state index contributed by atoms with van der Waals surface area (Å²) in [4.78, 5) is 7.23. The number of rotatable bonds is 1. The largest absolute Gasteiger partial charge is 0.397 e. The first-order valence-corrected chi connectivity index (χ1v) is 7.25. The maximum Gasteiger partial charge on any atom is 0.129 e. The van der Waals surface area contributed by atoms with Gasteiger partial charge in [0.2, 0.25) is 0 Å². The number of hydrogen-bond acceptors (Lipinski definition) is 3. The molecule has 1 aliphatic carbocycles. The van der Waals surface area contributed by atoms with E-state index in [2.05, 4.69) is 16.0 Å². The van der Waals surface area contributed by atoms with Crippen molar-refractivity contribution in [1.82, 2.24) is 4.98 Å². The molecule has 3 heteroatoms. The van der Waals surface area contributed by atoms with Crippen molar-refractivity contribution in [3.8, 4) is 0 Å². The van der Waals surface area contributed by atoms with Crippen molar-refractivity contribution in [2.75, 3.05) is 17.2 Å². The molecule has 0 bridgehead atoms. The number of pyridine rings is 1. The van der Waals surface area contributed by atoms with Gasteiger partial charge in [-0.3, -0.25) is 0 Å². The molecule has 1 aliphatic heterocycles. The molecule has 0 spiro atoms. The van der Waals surface area contributed by atoms with Crippen LogP contribution in [0.15, 0.2) is 12.1 Å². The SMILES string of the molecule is Cc1nc(N2CCCC3CCCCC32)ccc1N. The zero-order valence-corrected chi connectivity index (χ0v) is 11.2. The molecule has 0 amide bonds. The molecule has 2 atom stereocenters. The minimum Gasteiger partial charge on any atom is -0.397 e. The highest BCUT2D eigenvalue weighted by Gasteiger charge is 2.33. The fourth-order valence-corrected chi connectivity index (χ4v) is 3.63. The third-order valence-corrected chi connectivity index (χ3v) is 4.65. The Morgan fingerprint density at radius 3 is 2.78 bits per heavy atom. The van der Waals surface area contributed by atoms with Crippen LogP contribution in [0.3, 0.4) is 0 Å². The number of aryl methyl sites for hydroxylation is 1. The standard InChI is InChI=1S/C15H23N3/c1-11-13(16)8-9-15(17-11)18-10-4-6-12-5-2-3-7-14(12)18/h8-9,12,14H,2-7,10,16H2,1H3. The van der Waals surface area contributed by atoms with Crippen LogP contribution in [-0.2, 0) is 0 Å². The minimum absolute atomic E-state index is 0.725. The Bertz CT molecular complexity index is 428. The fraction of sp³-hybridized carbons (Fsp3) is 0.667. The lowest BCUT2D eigenvalue weighted by atomic mass is 9.78. The second-order valence-corrected chi connectivity index (χ2v) is 5.79. The van der Waals surface area contributed by atoms with Crippen molar-refractivity contribution >= 4 is 11.5 Å². The molecule has 3 nitrogen and oxygen atoms in total. The molecular formula is C15H23N3. The van der Waals surface area contributed by atoms with Gasteiger partial charge in [-0.15, -0.1) is 0 Å². The second kappa shape index (κ2) is 4.79. The maximum atomic E-state index is 5.87. The summed E-state index contributed by atoms with van der Waals surface area (Å²) >= 11 is 0. The molecule has 98 valence electrons. The number of aromatic nitrogens is 1. The predicted octanol–water partition coefficient (Wildman–Crippen LogP) is 3.13. The van der Waals surface area contributed by atoms with Gasteiger partial charge in [0.1, 0.15) is 5.82 Å². The number of hydrogen-bond donors (Lipinski definition) is 1. The van der Waals surface area contributed by atoms with E-state index in [0.29, 0.717) is 0 Å². The van der Waals surface area contributed by atoms with Crippen LogP contribution < -0.4 is 10.6 Å². The Balaban J connectivity index is 1.87. The summed E-state index contributed by atoms with van der Waals surface area (Å²) in [5.74, 6) is 2.03. The lowest BCUT2D eigenvalue weighted by Gasteiger charge is -2.44. The van der Waals surface area contributed by atoms with Crippen LogP contribution >= 0.6 is 0 Å². The van der Waals surface area contributed by atoms with Crippen molar-refractivity contribution < 1.29 is 0 Å². The quantitative estimate of drug-likeness (QED) is 0.826. The molecule has 1 aromatic heterocycles. The van der Waals surface area contributed by atoms with Crippen LogP contribution in [0.1, 0.15) is 44.2 Å². The first-order chi connectivity index (χ1) is 8.75. The van der Waals surface area contributed by atoms with Gasteiger partial charge in [-0.2, -0.15) is 0 Å². The zero-order chi connectivity index (χ0) is 12.5. The lowest BCUT2D eigenvalue weighted by molar-refractivity contribution is 0.242. The van der Waals surface area contributed by atoms with Gasteiger partial charge in [-0.25, -0.2) is 4.98 Å². The summed E-state index contributed by atoms with van der Waals surface area (Å²) in [6, 6.07) is 4.83. The van der Waals surface area contributed by atoms with Crippen LogP contribution in [-0.4, -0.2) is 17.6 Å². The van der Waals surface area contributed by atoms with E-state index in [9.17, 15) is 0 Å². The molecule has 1 saturated carbocycles. The Kier molecular flexibility index (Phi) is 3.14. The van der Waals surface area contributed by atoms with Gasteiger partial charge < -0.3 is 10.6 Å². The van der Waals surface area contributed by atoms with E-state index in [1.54, 1.807) is 0 Å². The van der Waals surface area contributed by atoms with Crippen molar-refractivity contribution in [1.29, 1.82) is 0 Å². The number of nitrogens with zero attached hydrogens (tertiary/aromatic N) is 2. The van der Waals surface area contributed by atoms with Crippen molar-refractivity contribution in [2.24, 2.45) is 5.92 Å². The molecule has 2 heterocycles. The highest BCUT2D eigenvalue weighted by molar-refractivity contribution is 5.51. The van der Waals surface area contributed by atoms with E-state index < -0.39 is 0 Å². The van der Waals surface area contributed by atoms with Gasteiger partial charge in [0, 0.05) is 12.6 Å². The van der Waals surface area contributed by atoms with Gasteiger partial charge in [-0.1, -0.05) is 12.8 Å². The zero-order valence-electron chi connectivity index (χ0n) is 11.2. The second-order valence-electron chi connectivity index (χ2n) is 5.79. The molecule has 3 rings (SSSR count). The highest BCUT2D eigenvalue weighted by atomic mass is 15.2. The van der Waals surface area contributed by atoms with E-state index in [1.807, 2.05) is 13.0 Å². The van der Waals surface area contributed by atoms with Crippen LogP contribution in [0.2, 0.25) is 0 Å². The summed E-state index contributed by atoms with van der Waals surface area (Å²) in [5.41, 5.74) is 7.63. The van der Waals surface area contributed by atoms with Gasteiger partial charge >= 0.3 is 0 Å². The van der Waals surface area contributed by atoms with E-state index in [1.165, 1.54) is 38.5 Å². The summed E-state index contributed by atoms with van der Waals surface area (Å²) in [6.45, 7) is 3.17. The molecule has 1 aromatic rings. The molecule has 2 aliphatic rings. The number of nitrogens with two attached hydrogens (primary N) is 1. The Hall–Kier alpha value is -1.25. The van der Waals surface area contributed by atoms with Crippen LogP contribution in [0.4, 0.5) is 11.5 Å². The van der Waals surface area contributed by atoms with Crippen LogP contribution in [0.5, 0.6) is 0 Å². The number of anilines is 2. The molecular weight excluding hydrogens is 222 g/mol. The first kappa shape index (κ1) is 11.8. The lowest BCUT2D eigenvalue weighted by Crippen LogP contribution is -2.47. The molecule has 0 aromatic carbocycles. The molecule has 2 N–H and O–H groups in total. The Labute approximate surface area is 109 Å². The topological polar surface area (TPSA) is 42.2 Å². The van der Waals surface area contributed by atoms with Gasteiger partial charge in [0.25, 0.3) is 0 Å². The molecule has 1 saturated heterocycles. The smallest absolute Gasteiger partial charge is 0.129 e. The predicted molar refractivity (Wildman–Crippen MR) is 75.7 cm³/mol. The van der Waals surface area contributed by atoms with Crippen molar-refractivity contribution in [3.05, 3.63) is 17.8 Å². The number of nitrogen functional groups attached to an aromatic ring is 1. The van der Waals surface area contributed by atoms with Gasteiger partial charge in [0.15, 0.2) is 0 Å². The van der Waals surface area contributed by atoms with E-state index in [-0.39, 0.29) is 0 Å². The third-order valence-electron chi connectivity index (χ3n) is 4.65. The molecule has 2 unspecified atom stereocenters. The number of piperidine rings is 1. The molecule has 18 heavy (non-hydrogen) atoms. The average Bonchev–Trinajstić information content (AvgIpc) is 2.41. The van der Waals surface area contributed by atoms with E-state index in [4.69, 9.17) is 5.73 Å². The van der Waals surface area contributed by atoms with E-state index in [0.717, 1.165) is 35.7 Å². The third kappa shape index (κ3) is 2.06. The summed E-state index contributed by atoms with van der Waals surface area (Å²) in [5, 5.41) is 0. The maximum absolute atomic E-state index is 5.87. The monoisotopic (exact) mass is 245 g/mol. The summed E-state index contributed by atoms with van der Waals surface area (Å²) < 4.78 is 0. The molecule has 0 radical (unpaired) electrons.